The van der Waals surface area contributed by atoms with Crippen LogP contribution in [0.15, 0.2) is 34.9 Å². The lowest BCUT2D eigenvalue weighted by Crippen LogP contribution is -2.39. The molecule has 2 fully saturated rings. The van der Waals surface area contributed by atoms with Crippen LogP contribution >= 0.6 is 0 Å². The number of aromatic nitrogens is 1. The SMILES string of the molecule is Cc1cnc(-c2cccc(NC3CCC4(CC3)OCCO4)c2)o1. The molecule has 1 aromatic heterocycles. The fraction of sp³-hybridized carbons (Fsp3) is 0.500. The first-order valence-corrected chi connectivity index (χ1v) is 8.30. The summed E-state index contributed by atoms with van der Waals surface area (Å²) in [5.74, 6) is 1.20. The highest BCUT2D eigenvalue weighted by Gasteiger charge is 2.40. The number of aryl methyl sites for hydroxylation is 1. The maximum absolute atomic E-state index is 5.79. The molecule has 23 heavy (non-hydrogen) atoms. The van der Waals surface area contributed by atoms with Crippen LogP contribution in [0.1, 0.15) is 31.4 Å². The van der Waals surface area contributed by atoms with E-state index in [1.807, 2.05) is 19.1 Å². The van der Waals surface area contributed by atoms with Crippen LogP contribution in [0.4, 0.5) is 5.69 Å². The summed E-state index contributed by atoms with van der Waals surface area (Å²) in [6.07, 6.45) is 5.79. The van der Waals surface area contributed by atoms with Gasteiger partial charge in [-0.05, 0) is 38.0 Å². The fourth-order valence-corrected chi connectivity index (χ4v) is 3.45. The highest BCUT2D eigenvalue weighted by molar-refractivity contribution is 5.61. The molecule has 4 rings (SSSR count). The van der Waals surface area contributed by atoms with Gasteiger partial charge in [0.1, 0.15) is 5.76 Å². The van der Waals surface area contributed by atoms with E-state index in [1.165, 1.54) is 0 Å². The van der Waals surface area contributed by atoms with Crippen LogP contribution in [-0.2, 0) is 9.47 Å². The summed E-state index contributed by atoms with van der Waals surface area (Å²) >= 11 is 0. The molecule has 2 heterocycles. The highest BCUT2D eigenvalue weighted by Crippen LogP contribution is 2.36. The van der Waals surface area contributed by atoms with Crippen LogP contribution < -0.4 is 5.32 Å². The third kappa shape index (κ3) is 3.12. The maximum atomic E-state index is 5.79. The van der Waals surface area contributed by atoms with Gasteiger partial charge in [-0.2, -0.15) is 0 Å². The smallest absolute Gasteiger partial charge is 0.226 e. The molecule has 1 aromatic carbocycles. The molecule has 1 N–H and O–H groups in total. The lowest BCUT2D eigenvalue weighted by atomic mass is 9.90. The summed E-state index contributed by atoms with van der Waals surface area (Å²) in [4.78, 5) is 4.29. The van der Waals surface area contributed by atoms with E-state index in [9.17, 15) is 0 Å². The van der Waals surface area contributed by atoms with Crippen molar-refractivity contribution in [1.29, 1.82) is 0 Å². The monoisotopic (exact) mass is 314 g/mol. The number of anilines is 1. The standard InChI is InChI=1S/C18H22N2O3/c1-13-12-19-17(23-13)14-3-2-4-16(11-14)20-15-5-7-18(8-6-15)21-9-10-22-18/h2-4,11-12,15,20H,5-10H2,1H3. The van der Waals surface area contributed by atoms with Crippen LogP contribution in [0.5, 0.6) is 0 Å². The Balaban J connectivity index is 1.41. The van der Waals surface area contributed by atoms with E-state index in [1.54, 1.807) is 6.20 Å². The van der Waals surface area contributed by atoms with Crippen molar-refractivity contribution < 1.29 is 13.9 Å². The molecule has 1 saturated carbocycles. The van der Waals surface area contributed by atoms with Gasteiger partial charge in [0.25, 0.3) is 0 Å². The van der Waals surface area contributed by atoms with Crippen LogP contribution in [-0.4, -0.2) is 30.0 Å². The molecule has 0 amide bonds. The molecule has 1 aliphatic carbocycles. The van der Waals surface area contributed by atoms with Gasteiger partial charge < -0.3 is 19.2 Å². The van der Waals surface area contributed by atoms with Crippen molar-refractivity contribution in [2.24, 2.45) is 0 Å². The molecule has 2 aliphatic rings. The third-order valence-electron chi connectivity index (χ3n) is 4.66. The Morgan fingerprint density at radius 3 is 2.65 bits per heavy atom. The van der Waals surface area contributed by atoms with Crippen LogP contribution in [0.3, 0.4) is 0 Å². The van der Waals surface area contributed by atoms with Gasteiger partial charge in [0.05, 0.1) is 19.4 Å². The van der Waals surface area contributed by atoms with Gasteiger partial charge in [0.2, 0.25) is 5.89 Å². The molecule has 122 valence electrons. The second kappa shape index (κ2) is 5.98. The molecule has 1 spiro atoms. The Hall–Kier alpha value is -1.85. The summed E-state index contributed by atoms with van der Waals surface area (Å²) < 4.78 is 17.2. The van der Waals surface area contributed by atoms with E-state index in [0.29, 0.717) is 11.9 Å². The number of oxazole rings is 1. The quantitative estimate of drug-likeness (QED) is 0.935. The van der Waals surface area contributed by atoms with E-state index in [4.69, 9.17) is 13.9 Å². The third-order valence-corrected chi connectivity index (χ3v) is 4.66. The van der Waals surface area contributed by atoms with Crippen LogP contribution in [0.25, 0.3) is 11.5 Å². The molecule has 1 aliphatic heterocycles. The van der Waals surface area contributed by atoms with Gasteiger partial charge in [0, 0.05) is 30.1 Å². The largest absolute Gasteiger partial charge is 0.441 e. The number of hydrogen-bond donors (Lipinski definition) is 1. The lowest BCUT2D eigenvalue weighted by Gasteiger charge is -2.36. The zero-order valence-electron chi connectivity index (χ0n) is 13.4. The van der Waals surface area contributed by atoms with Crippen molar-refractivity contribution in [3.8, 4) is 11.5 Å². The summed E-state index contributed by atoms with van der Waals surface area (Å²) in [6, 6.07) is 8.69. The zero-order valence-corrected chi connectivity index (χ0v) is 13.4. The number of ether oxygens (including phenoxy) is 2. The van der Waals surface area contributed by atoms with Crippen molar-refractivity contribution in [2.75, 3.05) is 18.5 Å². The van der Waals surface area contributed by atoms with Gasteiger partial charge >= 0.3 is 0 Å². The number of nitrogens with zero attached hydrogens (tertiary/aromatic N) is 1. The summed E-state index contributed by atoms with van der Waals surface area (Å²) in [5.41, 5.74) is 2.10. The Bertz CT molecular complexity index is 666. The van der Waals surface area contributed by atoms with Crippen molar-refractivity contribution in [1.82, 2.24) is 4.98 Å². The minimum absolute atomic E-state index is 0.296. The fourth-order valence-electron chi connectivity index (χ4n) is 3.45. The Labute approximate surface area is 136 Å². The van der Waals surface area contributed by atoms with Gasteiger partial charge in [0.15, 0.2) is 5.79 Å². The van der Waals surface area contributed by atoms with E-state index in [0.717, 1.165) is 55.9 Å². The molecule has 0 unspecified atom stereocenters. The lowest BCUT2D eigenvalue weighted by molar-refractivity contribution is -0.177. The second-order valence-electron chi connectivity index (χ2n) is 6.38. The van der Waals surface area contributed by atoms with Gasteiger partial charge in [-0.25, -0.2) is 4.98 Å². The predicted molar refractivity (Wildman–Crippen MR) is 87.2 cm³/mol. The normalized spacial score (nSPS) is 20.9. The average molecular weight is 314 g/mol. The molecular formula is C18H22N2O3. The predicted octanol–water partition coefficient (Wildman–Crippen LogP) is 3.75. The molecule has 0 atom stereocenters. The number of benzene rings is 1. The van der Waals surface area contributed by atoms with Crippen molar-refractivity contribution in [3.63, 3.8) is 0 Å². The second-order valence-corrected chi connectivity index (χ2v) is 6.38. The molecule has 0 bridgehead atoms. The summed E-state index contributed by atoms with van der Waals surface area (Å²) in [7, 11) is 0. The first-order valence-electron chi connectivity index (χ1n) is 8.30. The Kier molecular flexibility index (Phi) is 3.83. The minimum atomic E-state index is -0.296. The molecule has 1 saturated heterocycles. The molecule has 2 aromatic rings. The Morgan fingerprint density at radius 1 is 1.17 bits per heavy atom. The zero-order chi connectivity index (χ0) is 15.7. The van der Waals surface area contributed by atoms with Crippen molar-refractivity contribution in [2.45, 2.75) is 44.4 Å². The molecule has 0 radical (unpaired) electrons. The molecule has 5 heteroatoms. The summed E-state index contributed by atoms with van der Waals surface area (Å²) in [5, 5.41) is 3.62. The molecule has 5 nitrogen and oxygen atoms in total. The average Bonchev–Trinajstić information content (AvgIpc) is 3.20. The van der Waals surface area contributed by atoms with Crippen molar-refractivity contribution in [3.05, 3.63) is 36.2 Å². The van der Waals surface area contributed by atoms with E-state index < -0.39 is 0 Å². The highest BCUT2D eigenvalue weighted by atomic mass is 16.7. The minimum Gasteiger partial charge on any atom is -0.441 e. The first-order chi connectivity index (χ1) is 11.2. The number of nitrogens with one attached hydrogen (secondary N) is 1. The Morgan fingerprint density at radius 2 is 1.96 bits per heavy atom. The molecular weight excluding hydrogens is 292 g/mol. The van der Waals surface area contributed by atoms with E-state index in [-0.39, 0.29) is 5.79 Å². The van der Waals surface area contributed by atoms with Crippen LogP contribution in [0, 0.1) is 6.92 Å². The topological polar surface area (TPSA) is 56.5 Å². The first kappa shape index (κ1) is 14.7. The summed E-state index contributed by atoms with van der Waals surface area (Å²) in [6.45, 7) is 3.37. The number of rotatable bonds is 3. The van der Waals surface area contributed by atoms with Gasteiger partial charge in [-0.1, -0.05) is 6.07 Å². The van der Waals surface area contributed by atoms with Crippen LogP contribution in [0.2, 0.25) is 0 Å². The van der Waals surface area contributed by atoms with Gasteiger partial charge in [-0.15, -0.1) is 0 Å². The van der Waals surface area contributed by atoms with Crippen molar-refractivity contribution >= 4 is 5.69 Å². The van der Waals surface area contributed by atoms with E-state index >= 15 is 0 Å². The van der Waals surface area contributed by atoms with E-state index in [2.05, 4.69) is 22.4 Å². The number of hydrogen-bond acceptors (Lipinski definition) is 5. The van der Waals surface area contributed by atoms with Gasteiger partial charge in [-0.3, -0.25) is 0 Å². The maximum Gasteiger partial charge on any atom is 0.226 e.